The van der Waals surface area contributed by atoms with Crippen LogP contribution in [0.15, 0.2) is 0 Å². The zero-order chi connectivity index (χ0) is 11.5. The van der Waals surface area contributed by atoms with Crippen LogP contribution in [0.4, 0.5) is 5.82 Å². The zero-order valence-electron chi connectivity index (χ0n) is 10.3. The van der Waals surface area contributed by atoms with Crippen molar-refractivity contribution in [3.05, 3.63) is 17.1 Å². The number of aromatic nitrogens is 2. The molecule has 3 heteroatoms. The van der Waals surface area contributed by atoms with Gasteiger partial charge in [0.2, 0.25) is 0 Å². The molecule has 0 saturated heterocycles. The minimum Gasteiger partial charge on any atom is -0.383 e. The molecule has 2 N–H and O–H groups in total. The van der Waals surface area contributed by atoms with Crippen LogP contribution < -0.4 is 5.73 Å². The van der Waals surface area contributed by atoms with Crippen molar-refractivity contribution < 1.29 is 0 Å². The first-order valence-corrected chi connectivity index (χ1v) is 6.35. The standard InChI is InChI=1S/C13H21N3/c1-3-11-9(2)15-13(16-12(11)14)10-7-5-4-6-8-10/h10H,3-8H2,1-2H3,(H2,14,15,16). The van der Waals surface area contributed by atoms with E-state index < -0.39 is 0 Å². The highest BCUT2D eigenvalue weighted by molar-refractivity contribution is 5.42. The van der Waals surface area contributed by atoms with Crippen LogP contribution in [0.3, 0.4) is 0 Å². The molecule has 1 saturated carbocycles. The third-order valence-corrected chi connectivity index (χ3v) is 3.59. The number of aryl methyl sites for hydroxylation is 1. The summed E-state index contributed by atoms with van der Waals surface area (Å²) in [5, 5.41) is 0. The molecule has 1 aromatic heterocycles. The molecule has 16 heavy (non-hydrogen) atoms. The number of hydrogen-bond acceptors (Lipinski definition) is 3. The lowest BCUT2D eigenvalue weighted by atomic mass is 9.88. The van der Waals surface area contributed by atoms with Crippen molar-refractivity contribution in [2.24, 2.45) is 0 Å². The van der Waals surface area contributed by atoms with Gasteiger partial charge < -0.3 is 5.73 Å². The Labute approximate surface area is 97.5 Å². The second kappa shape index (κ2) is 4.81. The molecule has 1 aliphatic carbocycles. The van der Waals surface area contributed by atoms with E-state index in [1.165, 1.54) is 32.1 Å². The lowest BCUT2D eigenvalue weighted by molar-refractivity contribution is 0.428. The summed E-state index contributed by atoms with van der Waals surface area (Å²) in [6.07, 6.45) is 7.35. The van der Waals surface area contributed by atoms with Crippen LogP contribution in [0.5, 0.6) is 0 Å². The summed E-state index contributed by atoms with van der Waals surface area (Å²) >= 11 is 0. The minimum absolute atomic E-state index is 0.542. The van der Waals surface area contributed by atoms with Gasteiger partial charge in [-0.3, -0.25) is 0 Å². The number of rotatable bonds is 2. The van der Waals surface area contributed by atoms with Crippen LogP contribution in [0.25, 0.3) is 0 Å². The summed E-state index contributed by atoms with van der Waals surface area (Å²) in [5.74, 6) is 2.21. The fraction of sp³-hybridized carbons (Fsp3) is 0.692. The lowest BCUT2D eigenvalue weighted by Crippen LogP contribution is -2.13. The number of nitrogen functional groups attached to an aromatic ring is 1. The Balaban J connectivity index is 2.28. The van der Waals surface area contributed by atoms with Crippen molar-refractivity contribution in [2.75, 3.05) is 5.73 Å². The summed E-state index contributed by atoms with van der Waals surface area (Å²) in [6.45, 7) is 4.14. The molecule has 0 unspecified atom stereocenters. The second-order valence-electron chi connectivity index (χ2n) is 4.72. The number of nitrogens with zero attached hydrogens (tertiary/aromatic N) is 2. The molecule has 0 aliphatic heterocycles. The Bertz CT molecular complexity index is 344. The van der Waals surface area contributed by atoms with E-state index in [9.17, 15) is 0 Å². The third-order valence-electron chi connectivity index (χ3n) is 3.59. The maximum atomic E-state index is 5.99. The molecule has 0 amide bonds. The molecule has 88 valence electrons. The van der Waals surface area contributed by atoms with Crippen LogP contribution >= 0.6 is 0 Å². The van der Waals surface area contributed by atoms with Crippen LogP contribution in [0.2, 0.25) is 0 Å². The predicted molar refractivity (Wildman–Crippen MR) is 66.4 cm³/mol. The van der Waals surface area contributed by atoms with Crippen molar-refractivity contribution in [3.63, 3.8) is 0 Å². The number of nitrogens with two attached hydrogens (primary N) is 1. The first-order chi connectivity index (χ1) is 7.72. The molecule has 0 aromatic carbocycles. The van der Waals surface area contributed by atoms with Crippen molar-refractivity contribution in [2.45, 2.75) is 58.3 Å². The van der Waals surface area contributed by atoms with Gasteiger partial charge in [-0.05, 0) is 26.2 Å². The normalized spacial score (nSPS) is 17.6. The van der Waals surface area contributed by atoms with Gasteiger partial charge in [0, 0.05) is 17.2 Å². The van der Waals surface area contributed by atoms with Crippen LogP contribution in [-0.2, 0) is 6.42 Å². The summed E-state index contributed by atoms with van der Waals surface area (Å²) < 4.78 is 0. The molecule has 0 radical (unpaired) electrons. The average Bonchev–Trinajstić information content (AvgIpc) is 2.30. The molecule has 0 atom stereocenters. The fourth-order valence-electron chi connectivity index (χ4n) is 2.62. The van der Waals surface area contributed by atoms with Crippen molar-refractivity contribution in [3.8, 4) is 0 Å². The Kier molecular flexibility index (Phi) is 3.42. The summed E-state index contributed by atoms with van der Waals surface area (Å²) in [4.78, 5) is 9.13. The van der Waals surface area contributed by atoms with Crippen LogP contribution in [-0.4, -0.2) is 9.97 Å². The van der Waals surface area contributed by atoms with E-state index in [2.05, 4.69) is 16.9 Å². The highest BCUT2D eigenvalue weighted by Crippen LogP contribution is 2.31. The van der Waals surface area contributed by atoms with Gasteiger partial charge in [0.25, 0.3) is 0 Å². The molecule has 1 aromatic rings. The van der Waals surface area contributed by atoms with Crippen LogP contribution in [0.1, 0.15) is 62.0 Å². The van der Waals surface area contributed by atoms with Gasteiger partial charge in [-0.2, -0.15) is 0 Å². The highest BCUT2D eigenvalue weighted by atomic mass is 15.0. The van der Waals surface area contributed by atoms with Crippen molar-refractivity contribution >= 4 is 5.82 Å². The number of anilines is 1. The van der Waals surface area contributed by atoms with E-state index in [1.807, 2.05) is 6.92 Å². The molecule has 0 spiro atoms. The number of hydrogen-bond donors (Lipinski definition) is 1. The zero-order valence-corrected chi connectivity index (χ0v) is 10.3. The quantitative estimate of drug-likeness (QED) is 0.832. The maximum absolute atomic E-state index is 5.99. The van der Waals surface area contributed by atoms with Crippen molar-refractivity contribution in [1.29, 1.82) is 0 Å². The van der Waals surface area contributed by atoms with E-state index >= 15 is 0 Å². The Morgan fingerprint density at radius 1 is 1.19 bits per heavy atom. The molecule has 3 nitrogen and oxygen atoms in total. The first kappa shape index (κ1) is 11.4. The minimum atomic E-state index is 0.542. The van der Waals surface area contributed by atoms with Crippen LogP contribution in [0, 0.1) is 6.92 Å². The SMILES string of the molecule is CCc1c(C)nc(C2CCCCC2)nc1N. The Hall–Kier alpha value is -1.12. The van der Waals surface area contributed by atoms with E-state index in [-0.39, 0.29) is 0 Å². The molecular weight excluding hydrogens is 198 g/mol. The highest BCUT2D eigenvalue weighted by Gasteiger charge is 2.19. The molecule has 1 fully saturated rings. The lowest BCUT2D eigenvalue weighted by Gasteiger charge is -2.21. The van der Waals surface area contributed by atoms with Gasteiger partial charge in [-0.15, -0.1) is 0 Å². The smallest absolute Gasteiger partial charge is 0.134 e. The first-order valence-electron chi connectivity index (χ1n) is 6.35. The molecular formula is C13H21N3. The largest absolute Gasteiger partial charge is 0.383 e. The average molecular weight is 219 g/mol. The predicted octanol–water partition coefficient (Wildman–Crippen LogP) is 2.98. The van der Waals surface area contributed by atoms with E-state index in [0.29, 0.717) is 11.7 Å². The van der Waals surface area contributed by atoms with Gasteiger partial charge in [0.1, 0.15) is 11.6 Å². The topological polar surface area (TPSA) is 51.8 Å². The maximum Gasteiger partial charge on any atom is 0.134 e. The van der Waals surface area contributed by atoms with Gasteiger partial charge in [0.05, 0.1) is 0 Å². The molecule has 0 bridgehead atoms. The Morgan fingerprint density at radius 3 is 2.44 bits per heavy atom. The van der Waals surface area contributed by atoms with E-state index in [4.69, 9.17) is 5.73 Å². The monoisotopic (exact) mass is 219 g/mol. The Morgan fingerprint density at radius 2 is 1.88 bits per heavy atom. The summed E-state index contributed by atoms with van der Waals surface area (Å²) in [6, 6.07) is 0. The van der Waals surface area contributed by atoms with Gasteiger partial charge in [-0.1, -0.05) is 26.2 Å². The molecule has 2 rings (SSSR count). The second-order valence-corrected chi connectivity index (χ2v) is 4.72. The fourth-order valence-corrected chi connectivity index (χ4v) is 2.62. The van der Waals surface area contributed by atoms with E-state index in [0.717, 1.165) is 23.5 Å². The van der Waals surface area contributed by atoms with Gasteiger partial charge >= 0.3 is 0 Å². The summed E-state index contributed by atoms with van der Waals surface area (Å²) in [5.41, 5.74) is 8.16. The third kappa shape index (κ3) is 2.18. The van der Waals surface area contributed by atoms with Gasteiger partial charge in [-0.25, -0.2) is 9.97 Å². The summed E-state index contributed by atoms with van der Waals surface area (Å²) in [7, 11) is 0. The van der Waals surface area contributed by atoms with E-state index in [1.54, 1.807) is 0 Å². The van der Waals surface area contributed by atoms with Crippen molar-refractivity contribution in [1.82, 2.24) is 9.97 Å². The molecule has 1 heterocycles. The molecule has 1 aliphatic rings. The van der Waals surface area contributed by atoms with Gasteiger partial charge in [0.15, 0.2) is 0 Å².